The summed E-state index contributed by atoms with van der Waals surface area (Å²) in [4.78, 5) is 61.0. The molecule has 2 aromatic rings. The van der Waals surface area contributed by atoms with E-state index in [1.54, 1.807) is 33.9 Å². The molecule has 0 radical (unpaired) electrons. The molecule has 1 N–H and O–H groups in total. The van der Waals surface area contributed by atoms with Crippen molar-refractivity contribution in [3.05, 3.63) is 65.7 Å². The lowest BCUT2D eigenvalue weighted by Gasteiger charge is -2.43. The summed E-state index contributed by atoms with van der Waals surface area (Å²) in [7, 11) is 1.63. The lowest BCUT2D eigenvalue weighted by Crippen LogP contribution is -2.62. The highest BCUT2D eigenvalue weighted by Gasteiger charge is 2.38. The van der Waals surface area contributed by atoms with Gasteiger partial charge >= 0.3 is 0 Å². The molecular formula is C33H43N5O7. The molecule has 3 saturated heterocycles. The van der Waals surface area contributed by atoms with E-state index in [4.69, 9.17) is 14.2 Å². The van der Waals surface area contributed by atoms with Crippen molar-refractivity contribution >= 4 is 23.6 Å². The molecular weight excluding hydrogens is 578 g/mol. The van der Waals surface area contributed by atoms with Gasteiger partial charge in [0.1, 0.15) is 24.9 Å². The summed E-state index contributed by atoms with van der Waals surface area (Å²) in [5.74, 6) is -0.101. The molecule has 12 nitrogen and oxygen atoms in total. The Kier molecular flexibility index (Phi) is 11.4. The van der Waals surface area contributed by atoms with E-state index in [9.17, 15) is 19.2 Å². The van der Waals surface area contributed by atoms with Crippen LogP contribution in [0, 0.1) is 0 Å². The molecule has 0 aliphatic carbocycles. The fraction of sp³-hybridized carbons (Fsp3) is 0.515. The minimum absolute atomic E-state index is 0.0440. The first-order chi connectivity index (χ1) is 21.9. The molecule has 3 aliphatic heterocycles. The van der Waals surface area contributed by atoms with Gasteiger partial charge in [0.05, 0.1) is 26.9 Å². The molecule has 3 fully saturated rings. The summed E-state index contributed by atoms with van der Waals surface area (Å²) >= 11 is 0. The number of methoxy groups -OCH3 is 1. The van der Waals surface area contributed by atoms with E-state index in [1.165, 1.54) is 0 Å². The number of benzene rings is 2. The number of rotatable bonds is 5. The van der Waals surface area contributed by atoms with Crippen LogP contribution in [-0.2, 0) is 30.4 Å². The number of nitrogens with one attached hydrogen (secondary N) is 1. The zero-order valence-electron chi connectivity index (χ0n) is 25.9. The van der Waals surface area contributed by atoms with Gasteiger partial charge in [0.15, 0.2) is 0 Å². The summed E-state index contributed by atoms with van der Waals surface area (Å²) in [6.45, 7) is 3.60. The van der Waals surface area contributed by atoms with E-state index >= 15 is 0 Å². The Balaban J connectivity index is 1.29. The minimum atomic E-state index is -0.722. The van der Waals surface area contributed by atoms with Gasteiger partial charge in [-0.3, -0.25) is 24.1 Å². The van der Waals surface area contributed by atoms with Gasteiger partial charge in [0, 0.05) is 57.4 Å². The first-order valence-corrected chi connectivity index (χ1v) is 15.6. The molecule has 3 aliphatic rings. The normalized spacial score (nSPS) is 21.8. The second kappa shape index (κ2) is 15.8. The monoisotopic (exact) mass is 621 g/mol. The minimum Gasteiger partial charge on any atom is -0.497 e. The molecule has 0 unspecified atom stereocenters. The lowest BCUT2D eigenvalue weighted by molar-refractivity contribution is -0.151. The van der Waals surface area contributed by atoms with E-state index in [2.05, 4.69) is 10.2 Å². The quantitative estimate of drug-likeness (QED) is 0.526. The van der Waals surface area contributed by atoms with E-state index in [0.29, 0.717) is 70.8 Å². The number of carbonyl (C=O) groups is 4. The third-order valence-electron chi connectivity index (χ3n) is 8.61. The molecule has 5 rings (SSSR count). The molecule has 1 atom stereocenters. The van der Waals surface area contributed by atoms with E-state index < -0.39 is 6.04 Å². The molecule has 12 heteroatoms. The van der Waals surface area contributed by atoms with Crippen molar-refractivity contribution in [2.24, 2.45) is 0 Å². The summed E-state index contributed by atoms with van der Waals surface area (Å²) < 4.78 is 16.5. The van der Waals surface area contributed by atoms with Crippen LogP contribution in [0.15, 0.2) is 54.6 Å². The van der Waals surface area contributed by atoms with Crippen LogP contribution in [0.3, 0.4) is 0 Å². The van der Waals surface area contributed by atoms with E-state index in [0.717, 1.165) is 11.3 Å². The highest BCUT2D eigenvalue weighted by Crippen LogP contribution is 2.22. The maximum Gasteiger partial charge on any atom is 0.253 e. The maximum absolute atomic E-state index is 13.9. The predicted octanol–water partition coefficient (Wildman–Crippen LogP) is 1.00. The summed E-state index contributed by atoms with van der Waals surface area (Å²) in [5, 5.41) is 2.92. The number of hydrogen-bond donors (Lipinski definition) is 1. The SMILES string of the molecule is COc1cccc(CN2CCN3C(=O)CN(C4CCN(C(=O)c5ccccc5)CC4)C(=O)COCCOCCNC(=O)[C@@H]3C2)c1. The highest BCUT2D eigenvalue weighted by molar-refractivity contribution is 5.94. The molecule has 45 heavy (non-hydrogen) atoms. The second-order valence-electron chi connectivity index (χ2n) is 11.6. The fourth-order valence-electron chi connectivity index (χ4n) is 6.16. The number of nitrogens with zero attached hydrogens (tertiary/aromatic N) is 4. The van der Waals surface area contributed by atoms with Gasteiger partial charge < -0.3 is 34.2 Å². The largest absolute Gasteiger partial charge is 0.497 e. The molecule has 3 heterocycles. The Hall–Kier alpha value is -4.00. The van der Waals surface area contributed by atoms with Crippen LogP contribution in [0.4, 0.5) is 0 Å². The topological polar surface area (TPSA) is 121 Å². The van der Waals surface area contributed by atoms with Crippen molar-refractivity contribution in [3.8, 4) is 5.75 Å². The molecule has 0 bridgehead atoms. The molecule has 4 amide bonds. The van der Waals surface area contributed by atoms with Gasteiger partial charge in [-0.2, -0.15) is 0 Å². The zero-order chi connectivity index (χ0) is 31.6. The molecule has 0 aromatic heterocycles. The molecule has 0 saturated carbocycles. The first kappa shape index (κ1) is 32.4. The van der Waals surface area contributed by atoms with Gasteiger partial charge in [-0.05, 0) is 42.7 Å². The smallest absolute Gasteiger partial charge is 0.253 e. The van der Waals surface area contributed by atoms with Gasteiger partial charge in [-0.15, -0.1) is 0 Å². The number of piperazine rings is 1. The van der Waals surface area contributed by atoms with Crippen LogP contribution in [0.1, 0.15) is 28.8 Å². The zero-order valence-corrected chi connectivity index (χ0v) is 25.9. The Morgan fingerprint density at radius 3 is 2.44 bits per heavy atom. The van der Waals surface area contributed by atoms with Crippen LogP contribution in [0.5, 0.6) is 5.75 Å². The van der Waals surface area contributed by atoms with Crippen molar-refractivity contribution in [2.45, 2.75) is 31.5 Å². The molecule has 0 spiro atoms. The number of ether oxygens (including phenoxy) is 3. The Morgan fingerprint density at radius 1 is 0.889 bits per heavy atom. The van der Waals surface area contributed by atoms with Gasteiger partial charge in [0.2, 0.25) is 17.7 Å². The number of likely N-dealkylation sites (tertiary alicyclic amines) is 1. The number of hydrogen-bond acceptors (Lipinski definition) is 8. The maximum atomic E-state index is 13.9. The van der Waals surface area contributed by atoms with Crippen LogP contribution in [0.25, 0.3) is 0 Å². The predicted molar refractivity (Wildman–Crippen MR) is 166 cm³/mol. The Morgan fingerprint density at radius 2 is 1.67 bits per heavy atom. The summed E-state index contributed by atoms with van der Waals surface area (Å²) in [6, 6.07) is 16.0. The number of piperidine rings is 1. The molecule has 2 aromatic carbocycles. The van der Waals surface area contributed by atoms with Gasteiger partial charge in [-0.25, -0.2) is 0 Å². The van der Waals surface area contributed by atoms with Crippen molar-refractivity contribution in [2.75, 3.05) is 79.4 Å². The highest BCUT2D eigenvalue weighted by atomic mass is 16.5. The van der Waals surface area contributed by atoms with Crippen LogP contribution < -0.4 is 10.1 Å². The van der Waals surface area contributed by atoms with Crippen LogP contribution in [0.2, 0.25) is 0 Å². The Bertz CT molecular complexity index is 1320. The number of amides is 4. The third-order valence-corrected chi connectivity index (χ3v) is 8.61. The standard InChI is InChI=1S/C33H43N5O7/c1-43-28-9-5-6-25(20-28)21-35-15-16-37-29(22-35)32(41)34-12-17-44-18-19-45-24-31(40)38(23-30(37)39)27-10-13-36(14-11-27)33(42)26-7-3-2-4-8-26/h2-9,20,27,29H,10-19,21-24H2,1H3,(H,34,41)/t29-/m0/s1. The Labute approximate surface area is 264 Å². The van der Waals surface area contributed by atoms with Crippen molar-refractivity contribution in [1.82, 2.24) is 24.9 Å². The van der Waals surface area contributed by atoms with Crippen molar-refractivity contribution in [1.29, 1.82) is 0 Å². The molecule has 242 valence electrons. The van der Waals surface area contributed by atoms with Gasteiger partial charge in [0.25, 0.3) is 5.91 Å². The van der Waals surface area contributed by atoms with E-state index in [-0.39, 0.29) is 56.0 Å². The third kappa shape index (κ3) is 8.59. The lowest BCUT2D eigenvalue weighted by atomic mass is 10.0. The average molecular weight is 622 g/mol. The van der Waals surface area contributed by atoms with Gasteiger partial charge in [-0.1, -0.05) is 30.3 Å². The van der Waals surface area contributed by atoms with Crippen LogP contribution in [-0.4, -0.2) is 135 Å². The van der Waals surface area contributed by atoms with Crippen LogP contribution >= 0.6 is 0 Å². The second-order valence-corrected chi connectivity index (χ2v) is 11.6. The number of fused-ring (bicyclic) bond motifs is 1. The fourth-order valence-corrected chi connectivity index (χ4v) is 6.16. The summed E-state index contributed by atoms with van der Waals surface area (Å²) in [5.41, 5.74) is 1.68. The first-order valence-electron chi connectivity index (χ1n) is 15.6. The summed E-state index contributed by atoms with van der Waals surface area (Å²) in [6.07, 6.45) is 1.08. The number of carbonyl (C=O) groups excluding carboxylic acids is 4. The van der Waals surface area contributed by atoms with E-state index in [1.807, 2.05) is 42.5 Å². The average Bonchev–Trinajstić information content (AvgIpc) is 3.08. The van der Waals surface area contributed by atoms with Crippen molar-refractivity contribution < 1.29 is 33.4 Å². The van der Waals surface area contributed by atoms with Crippen molar-refractivity contribution in [3.63, 3.8) is 0 Å².